The van der Waals surface area contributed by atoms with Gasteiger partial charge in [-0.3, -0.25) is 10.1 Å². The van der Waals surface area contributed by atoms with Crippen LogP contribution in [-0.4, -0.2) is 14.9 Å². The third kappa shape index (κ3) is 3.05. The summed E-state index contributed by atoms with van der Waals surface area (Å²) in [4.78, 5) is 18.0. The smallest absolute Gasteiger partial charge is 0.352 e. The zero-order valence-electron chi connectivity index (χ0n) is 10.6. The number of halogens is 2. The molecule has 1 aromatic carbocycles. The molecule has 0 amide bonds. The van der Waals surface area contributed by atoms with Crippen LogP contribution in [-0.2, 0) is 0 Å². The van der Waals surface area contributed by atoms with E-state index in [0.29, 0.717) is 5.75 Å². The maximum Gasteiger partial charge on any atom is 0.352 e. The molecule has 104 valence electrons. The van der Waals surface area contributed by atoms with Gasteiger partial charge in [0.2, 0.25) is 5.28 Å². The van der Waals surface area contributed by atoms with Gasteiger partial charge < -0.3 is 4.74 Å². The van der Waals surface area contributed by atoms with Gasteiger partial charge in [-0.05, 0) is 49.2 Å². The molecule has 1 aromatic heterocycles. The summed E-state index contributed by atoms with van der Waals surface area (Å²) in [6.45, 7) is 3.36. The summed E-state index contributed by atoms with van der Waals surface area (Å²) in [5.41, 5.74) is 0.788. The molecule has 0 aliphatic carbocycles. The molecule has 2 aromatic rings. The first kappa shape index (κ1) is 14.7. The second-order valence-corrected chi connectivity index (χ2v) is 5.19. The number of nitrogens with zero attached hydrogens (tertiary/aromatic N) is 3. The Morgan fingerprint density at radius 2 is 2.05 bits per heavy atom. The molecule has 8 heteroatoms. The number of hydrogen-bond donors (Lipinski definition) is 0. The van der Waals surface area contributed by atoms with Crippen molar-refractivity contribution in [1.29, 1.82) is 0 Å². The molecular formula is C12H9BrClN3O3. The van der Waals surface area contributed by atoms with Gasteiger partial charge in [0, 0.05) is 4.47 Å². The molecule has 2 rings (SSSR count). The lowest BCUT2D eigenvalue weighted by Crippen LogP contribution is -2.01. The summed E-state index contributed by atoms with van der Waals surface area (Å²) < 4.78 is 6.38. The number of benzene rings is 1. The van der Waals surface area contributed by atoms with Crippen molar-refractivity contribution in [2.24, 2.45) is 0 Å². The average molecular weight is 359 g/mol. The quantitative estimate of drug-likeness (QED) is 0.466. The van der Waals surface area contributed by atoms with Crippen molar-refractivity contribution in [1.82, 2.24) is 9.97 Å². The van der Waals surface area contributed by atoms with Crippen molar-refractivity contribution in [2.45, 2.75) is 13.8 Å². The van der Waals surface area contributed by atoms with Gasteiger partial charge in [-0.25, -0.2) is 4.98 Å². The summed E-state index contributed by atoms with van der Waals surface area (Å²) >= 11 is 9.08. The minimum Gasteiger partial charge on any atom is -0.434 e. The number of aromatic nitrogens is 2. The standard InChI is InChI=1S/C12H9BrClN3O3/c1-6-5-8(3-4-9(6)13)20-11-10(17(18)19)7(2)15-12(14)16-11/h3-5H,1-2H3. The van der Waals surface area contributed by atoms with Crippen LogP contribution in [0.15, 0.2) is 22.7 Å². The predicted octanol–water partition coefficient (Wildman–Crippen LogP) is 4.21. The van der Waals surface area contributed by atoms with E-state index in [4.69, 9.17) is 16.3 Å². The van der Waals surface area contributed by atoms with Gasteiger partial charge in [-0.15, -0.1) is 0 Å². The van der Waals surface area contributed by atoms with Crippen molar-refractivity contribution >= 4 is 33.2 Å². The van der Waals surface area contributed by atoms with Crippen LogP contribution in [0.3, 0.4) is 0 Å². The molecule has 1 heterocycles. The topological polar surface area (TPSA) is 78.2 Å². The third-order valence-electron chi connectivity index (χ3n) is 2.53. The lowest BCUT2D eigenvalue weighted by molar-refractivity contribution is -0.386. The molecule has 0 N–H and O–H groups in total. The van der Waals surface area contributed by atoms with E-state index in [0.717, 1.165) is 10.0 Å². The minimum absolute atomic E-state index is 0.100. The van der Waals surface area contributed by atoms with Crippen molar-refractivity contribution in [3.05, 3.63) is 49.3 Å². The molecule has 0 fully saturated rings. The Morgan fingerprint density at radius 1 is 1.35 bits per heavy atom. The summed E-state index contributed by atoms with van der Waals surface area (Å²) in [5, 5.41) is 11.0. The highest BCUT2D eigenvalue weighted by molar-refractivity contribution is 9.10. The number of aryl methyl sites for hydroxylation is 2. The van der Waals surface area contributed by atoms with Crippen molar-refractivity contribution < 1.29 is 9.66 Å². The Kier molecular flexibility index (Phi) is 4.20. The van der Waals surface area contributed by atoms with E-state index >= 15 is 0 Å². The Labute approximate surface area is 128 Å². The first-order valence-electron chi connectivity index (χ1n) is 5.51. The van der Waals surface area contributed by atoms with E-state index in [1.807, 2.05) is 6.92 Å². The van der Waals surface area contributed by atoms with E-state index in [1.165, 1.54) is 6.92 Å². The second-order valence-electron chi connectivity index (χ2n) is 4.00. The van der Waals surface area contributed by atoms with E-state index in [-0.39, 0.29) is 22.5 Å². The van der Waals surface area contributed by atoms with Gasteiger partial charge in [0.15, 0.2) is 0 Å². The fraction of sp³-hybridized carbons (Fsp3) is 0.167. The SMILES string of the molecule is Cc1cc(Oc2nc(Cl)nc(C)c2[N+](=O)[O-])ccc1Br. The van der Waals surface area contributed by atoms with Gasteiger partial charge in [0.25, 0.3) is 0 Å². The Balaban J connectivity index is 2.47. The summed E-state index contributed by atoms with van der Waals surface area (Å²) in [6, 6.07) is 5.19. The van der Waals surface area contributed by atoms with Crippen LogP contribution in [0, 0.1) is 24.0 Å². The fourth-order valence-electron chi connectivity index (χ4n) is 1.58. The van der Waals surface area contributed by atoms with Crippen LogP contribution < -0.4 is 4.74 Å². The second kappa shape index (κ2) is 5.72. The van der Waals surface area contributed by atoms with Crippen LogP contribution in [0.2, 0.25) is 5.28 Å². The molecule has 0 saturated heterocycles. The Hall–Kier alpha value is -1.73. The maximum absolute atomic E-state index is 11.1. The average Bonchev–Trinajstić information content (AvgIpc) is 2.32. The monoisotopic (exact) mass is 357 g/mol. The molecule has 0 saturated carbocycles. The first-order chi connectivity index (χ1) is 9.38. The van der Waals surface area contributed by atoms with Crippen molar-refractivity contribution in [3.8, 4) is 11.6 Å². The van der Waals surface area contributed by atoms with Gasteiger partial charge in [-0.2, -0.15) is 4.98 Å². The third-order valence-corrected chi connectivity index (χ3v) is 3.58. The van der Waals surface area contributed by atoms with Crippen LogP contribution in [0.25, 0.3) is 0 Å². The molecular weight excluding hydrogens is 350 g/mol. The highest BCUT2D eigenvalue weighted by Crippen LogP contribution is 2.33. The van der Waals surface area contributed by atoms with Crippen LogP contribution in [0.4, 0.5) is 5.69 Å². The van der Waals surface area contributed by atoms with Crippen LogP contribution in [0.1, 0.15) is 11.3 Å². The zero-order valence-corrected chi connectivity index (χ0v) is 12.9. The fourth-order valence-corrected chi connectivity index (χ4v) is 2.03. The molecule has 0 aliphatic rings. The van der Waals surface area contributed by atoms with E-state index in [2.05, 4.69) is 25.9 Å². The summed E-state index contributed by atoms with van der Waals surface area (Å²) in [7, 11) is 0. The number of ether oxygens (including phenoxy) is 1. The lowest BCUT2D eigenvalue weighted by Gasteiger charge is -2.08. The van der Waals surface area contributed by atoms with Gasteiger partial charge in [0.05, 0.1) is 4.92 Å². The molecule has 0 spiro atoms. The predicted molar refractivity (Wildman–Crippen MR) is 77.4 cm³/mol. The normalized spacial score (nSPS) is 10.4. The number of rotatable bonds is 3. The van der Waals surface area contributed by atoms with Crippen LogP contribution >= 0.6 is 27.5 Å². The molecule has 0 bridgehead atoms. The molecule has 0 atom stereocenters. The van der Waals surface area contributed by atoms with E-state index in [9.17, 15) is 10.1 Å². The largest absolute Gasteiger partial charge is 0.434 e. The molecule has 20 heavy (non-hydrogen) atoms. The summed E-state index contributed by atoms with van der Waals surface area (Å²) in [6.07, 6.45) is 0. The molecule has 0 radical (unpaired) electrons. The minimum atomic E-state index is -0.591. The lowest BCUT2D eigenvalue weighted by atomic mass is 10.2. The summed E-state index contributed by atoms with van der Waals surface area (Å²) in [5.74, 6) is 0.261. The zero-order chi connectivity index (χ0) is 14.9. The van der Waals surface area contributed by atoms with E-state index in [1.54, 1.807) is 18.2 Å². The van der Waals surface area contributed by atoms with E-state index < -0.39 is 4.92 Å². The maximum atomic E-state index is 11.1. The molecule has 0 aliphatic heterocycles. The van der Waals surface area contributed by atoms with Crippen molar-refractivity contribution in [3.63, 3.8) is 0 Å². The van der Waals surface area contributed by atoms with Crippen LogP contribution in [0.5, 0.6) is 11.6 Å². The number of hydrogen-bond acceptors (Lipinski definition) is 5. The van der Waals surface area contributed by atoms with Gasteiger partial charge in [-0.1, -0.05) is 15.9 Å². The Bertz CT molecular complexity index is 694. The highest BCUT2D eigenvalue weighted by Gasteiger charge is 2.23. The molecule has 0 unspecified atom stereocenters. The number of nitro groups is 1. The molecule has 6 nitrogen and oxygen atoms in total. The Morgan fingerprint density at radius 3 is 2.65 bits per heavy atom. The van der Waals surface area contributed by atoms with Gasteiger partial charge in [0.1, 0.15) is 11.4 Å². The highest BCUT2D eigenvalue weighted by atomic mass is 79.9. The van der Waals surface area contributed by atoms with Crippen molar-refractivity contribution in [2.75, 3.05) is 0 Å². The first-order valence-corrected chi connectivity index (χ1v) is 6.68. The van der Waals surface area contributed by atoms with Gasteiger partial charge >= 0.3 is 11.6 Å².